The summed E-state index contributed by atoms with van der Waals surface area (Å²) in [5.74, 6) is 0.594. The summed E-state index contributed by atoms with van der Waals surface area (Å²) in [4.78, 5) is 0.248. The molecule has 0 saturated heterocycles. The Hall–Kier alpha value is -0.870. The highest BCUT2D eigenvalue weighted by atomic mass is 32.2. The summed E-state index contributed by atoms with van der Waals surface area (Å²) in [6, 6.07) is 4.75. The van der Waals surface area contributed by atoms with Crippen molar-refractivity contribution < 1.29 is 13.5 Å². The number of hydrogen-bond donors (Lipinski definition) is 0. The Morgan fingerprint density at radius 3 is 2.67 bits per heavy atom. The van der Waals surface area contributed by atoms with E-state index >= 15 is 0 Å². The molecule has 66 valence electrons. The van der Waals surface area contributed by atoms with Crippen molar-refractivity contribution in [2.24, 2.45) is 0 Å². The van der Waals surface area contributed by atoms with Crippen molar-refractivity contribution >= 4 is 11.1 Å². The van der Waals surface area contributed by atoms with E-state index in [1.54, 1.807) is 12.1 Å². The number of benzene rings is 1. The highest BCUT2D eigenvalue weighted by Gasteiger charge is 1.99. The number of aryl methyl sites for hydroxylation is 1. The molecule has 0 saturated carbocycles. The average Bonchev–Trinajstić information content (AvgIpc) is 2.05. The summed E-state index contributed by atoms with van der Waals surface area (Å²) in [5, 5.41) is 0. The molecular weight excluding hydrogens is 176 g/mol. The van der Waals surface area contributed by atoms with Crippen molar-refractivity contribution in [1.82, 2.24) is 0 Å². The SMILES string of the molecule is COc1cc(S(=O)[O-])ccc1C. The fourth-order valence-electron chi connectivity index (χ4n) is 0.904. The van der Waals surface area contributed by atoms with E-state index in [2.05, 4.69) is 0 Å². The van der Waals surface area contributed by atoms with E-state index in [0.29, 0.717) is 5.75 Å². The molecule has 0 aliphatic heterocycles. The van der Waals surface area contributed by atoms with Gasteiger partial charge in [-0.3, -0.25) is 4.21 Å². The van der Waals surface area contributed by atoms with Crippen LogP contribution in [0.3, 0.4) is 0 Å². The van der Waals surface area contributed by atoms with Crippen molar-refractivity contribution in [2.45, 2.75) is 11.8 Å². The van der Waals surface area contributed by atoms with Gasteiger partial charge in [-0.2, -0.15) is 0 Å². The third-order valence-electron chi connectivity index (χ3n) is 1.57. The molecule has 1 aromatic rings. The maximum absolute atomic E-state index is 10.5. The van der Waals surface area contributed by atoms with Gasteiger partial charge < -0.3 is 9.29 Å². The van der Waals surface area contributed by atoms with Gasteiger partial charge in [-0.25, -0.2) is 0 Å². The Morgan fingerprint density at radius 1 is 1.50 bits per heavy atom. The normalized spacial score (nSPS) is 12.6. The predicted molar refractivity (Wildman–Crippen MR) is 44.9 cm³/mol. The largest absolute Gasteiger partial charge is 0.768 e. The number of methoxy groups -OCH3 is 1. The minimum Gasteiger partial charge on any atom is -0.768 e. The molecule has 12 heavy (non-hydrogen) atoms. The van der Waals surface area contributed by atoms with Crippen LogP contribution in [-0.2, 0) is 11.1 Å². The summed E-state index contributed by atoms with van der Waals surface area (Å²) in [7, 11) is 1.51. The van der Waals surface area contributed by atoms with Gasteiger partial charge in [0.1, 0.15) is 5.75 Å². The lowest BCUT2D eigenvalue weighted by atomic mass is 10.2. The van der Waals surface area contributed by atoms with E-state index in [0.717, 1.165) is 5.56 Å². The molecule has 0 aliphatic carbocycles. The van der Waals surface area contributed by atoms with Crippen LogP contribution in [0, 0.1) is 6.92 Å². The highest BCUT2D eigenvalue weighted by Crippen LogP contribution is 2.20. The molecule has 0 spiro atoms. The first-order valence-electron chi connectivity index (χ1n) is 3.39. The predicted octanol–water partition coefficient (Wildman–Crippen LogP) is 1.24. The molecule has 1 rings (SSSR count). The van der Waals surface area contributed by atoms with Gasteiger partial charge in [-0.1, -0.05) is 6.07 Å². The Kier molecular flexibility index (Phi) is 2.83. The Labute approximate surface area is 73.7 Å². The van der Waals surface area contributed by atoms with E-state index in [1.165, 1.54) is 13.2 Å². The van der Waals surface area contributed by atoms with Gasteiger partial charge in [0.05, 0.1) is 7.11 Å². The van der Waals surface area contributed by atoms with E-state index in [1.807, 2.05) is 6.92 Å². The molecule has 3 nitrogen and oxygen atoms in total. The quantitative estimate of drug-likeness (QED) is 0.651. The van der Waals surface area contributed by atoms with Crippen LogP contribution in [0.1, 0.15) is 5.56 Å². The van der Waals surface area contributed by atoms with Gasteiger partial charge in [0, 0.05) is 4.90 Å². The van der Waals surface area contributed by atoms with Crippen LogP contribution < -0.4 is 4.74 Å². The van der Waals surface area contributed by atoms with Crippen LogP contribution in [0.5, 0.6) is 5.75 Å². The first kappa shape index (κ1) is 9.22. The van der Waals surface area contributed by atoms with Crippen LogP contribution in [0.2, 0.25) is 0 Å². The smallest absolute Gasteiger partial charge is 0.122 e. The second kappa shape index (κ2) is 3.69. The van der Waals surface area contributed by atoms with Gasteiger partial charge in [0.15, 0.2) is 0 Å². The maximum Gasteiger partial charge on any atom is 0.122 e. The number of rotatable bonds is 2. The molecule has 0 aliphatic rings. The summed E-state index contributed by atoms with van der Waals surface area (Å²) in [6.07, 6.45) is 0. The third-order valence-corrected chi connectivity index (χ3v) is 2.21. The van der Waals surface area contributed by atoms with Crippen LogP contribution in [0.4, 0.5) is 0 Å². The van der Waals surface area contributed by atoms with Crippen LogP contribution in [0.15, 0.2) is 23.1 Å². The first-order chi connectivity index (χ1) is 5.65. The van der Waals surface area contributed by atoms with Gasteiger partial charge in [-0.05, 0) is 35.7 Å². The summed E-state index contributed by atoms with van der Waals surface area (Å²) >= 11 is -2.18. The molecule has 1 atom stereocenters. The third kappa shape index (κ3) is 1.84. The summed E-state index contributed by atoms with van der Waals surface area (Å²) in [6.45, 7) is 1.86. The van der Waals surface area contributed by atoms with Gasteiger partial charge in [0.2, 0.25) is 0 Å². The summed E-state index contributed by atoms with van der Waals surface area (Å²) < 4.78 is 26.0. The van der Waals surface area contributed by atoms with Gasteiger partial charge >= 0.3 is 0 Å². The molecule has 1 unspecified atom stereocenters. The van der Waals surface area contributed by atoms with E-state index in [-0.39, 0.29) is 4.90 Å². The molecular formula is C8H9O3S-. The fourth-order valence-corrected chi connectivity index (χ4v) is 1.29. The standard InChI is InChI=1S/C8H10O3S/c1-6-3-4-7(12(9)10)5-8(6)11-2/h3-5H,1-2H3,(H,9,10)/p-1. The fraction of sp³-hybridized carbons (Fsp3) is 0.250. The summed E-state index contributed by atoms with van der Waals surface area (Å²) in [5.41, 5.74) is 0.923. The lowest BCUT2D eigenvalue weighted by molar-refractivity contribution is 0.410. The molecule has 0 aromatic heterocycles. The average molecular weight is 185 g/mol. The van der Waals surface area contributed by atoms with E-state index < -0.39 is 11.1 Å². The molecule has 0 amide bonds. The highest BCUT2D eigenvalue weighted by molar-refractivity contribution is 7.79. The lowest BCUT2D eigenvalue weighted by Crippen LogP contribution is -1.92. The van der Waals surface area contributed by atoms with Crippen molar-refractivity contribution in [1.29, 1.82) is 0 Å². The number of ether oxygens (including phenoxy) is 1. The topological polar surface area (TPSA) is 49.4 Å². The Bertz CT molecular complexity index is 309. The van der Waals surface area contributed by atoms with Gasteiger partial charge in [-0.15, -0.1) is 0 Å². The zero-order valence-electron chi connectivity index (χ0n) is 6.87. The monoisotopic (exact) mass is 185 g/mol. The molecule has 0 bridgehead atoms. The molecule has 1 aromatic carbocycles. The number of hydrogen-bond acceptors (Lipinski definition) is 3. The Morgan fingerprint density at radius 2 is 2.17 bits per heavy atom. The molecule has 0 fully saturated rings. The van der Waals surface area contributed by atoms with E-state index in [9.17, 15) is 8.76 Å². The van der Waals surface area contributed by atoms with Crippen molar-refractivity contribution in [3.05, 3.63) is 23.8 Å². The van der Waals surface area contributed by atoms with Gasteiger partial charge in [0.25, 0.3) is 0 Å². The van der Waals surface area contributed by atoms with E-state index in [4.69, 9.17) is 4.74 Å². The molecule has 0 heterocycles. The van der Waals surface area contributed by atoms with Crippen LogP contribution in [-0.4, -0.2) is 15.9 Å². The minimum absolute atomic E-state index is 0.248. The second-order valence-electron chi connectivity index (χ2n) is 2.37. The molecule has 0 radical (unpaired) electrons. The zero-order valence-corrected chi connectivity index (χ0v) is 7.68. The first-order valence-corrected chi connectivity index (χ1v) is 4.46. The second-order valence-corrected chi connectivity index (χ2v) is 3.31. The zero-order chi connectivity index (χ0) is 9.14. The van der Waals surface area contributed by atoms with Crippen molar-refractivity contribution in [2.75, 3.05) is 7.11 Å². The minimum atomic E-state index is -2.18. The van der Waals surface area contributed by atoms with Crippen molar-refractivity contribution in [3.8, 4) is 5.75 Å². The van der Waals surface area contributed by atoms with Crippen LogP contribution in [0.25, 0.3) is 0 Å². The molecule has 4 heteroatoms. The van der Waals surface area contributed by atoms with Crippen LogP contribution >= 0.6 is 0 Å². The lowest BCUT2D eigenvalue weighted by Gasteiger charge is -2.08. The van der Waals surface area contributed by atoms with Crippen molar-refractivity contribution in [3.63, 3.8) is 0 Å². The molecule has 0 N–H and O–H groups in total. The Balaban J connectivity index is 3.13. The maximum atomic E-state index is 10.5.